The lowest BCUT2D eigenvalue weighted by Gasteiger charge is -2.21. The van der Waals surface area contributed by atoms with E-state index in [1.165, 1.54) is 161 Å². The summed E-state index contributed by atoms with van der Waals surface area (Å²) in [6, 6.07) is 0. The van der Waals surface area contributed by atoms with E-state index in [0.29, 0.717) is 25.7 Å². The summed E-state index contributed by atoms with van der Waals surface area (Å²) in [6.45, 7) is 14.2. The Kier molecular flexibility index (Phi) is 60.3. The molecule has 17 nitrogen and oxygen atoms in total. The number of phosphoric ester groups is 2. The van der Waals surface area contributed by atoms with Gasteiger partial charge in [-0.15, -0.1) is 0 Å². The van der Waals surface area contributed by atoms with E-state index >= 15 is 0 Å². The minimum absolute atomic E-state index is 0.105. The Morgan fingerprint density at radius 1 is 0.308 bits per heavy atom. The van der Waals surface area contributed by atoms with E-state index in [-0.39, 0.29) is 25.7 Å². The van der Waals surface area contributed by atoms with Crippen LogP contribution in [-0.4, -0.2) is 96.7 Å². The summed E-state index contributed by atoms with van der Waals surface area (Å²) in [5.74, 6) is 0.983. The Morgan fingerprint density at radius 3 is 0.780 bits per heavy atom. The van der Waals surface area contributed by atoms with Gasteiger partial charge >= 0.3 is 39.5 Å². The monoisotopic (exact) mass is 1340 g/mol. The molecule has 0 aromatic rings. The zero-order chi connectivity index (χ0) is 67.5. The second kappa shape index (κ2) is 61.6. The molecule has 0 aromatic carbocycles. The van der Waals surface area contributed by atoms with Crippen molar-refractivity contribution in [1.82, 2.24) is 0 Å². The molecule has 0 saturated heterocycles. The van der Waals surface area contributed by atoms with Crippen LogP contribution >= 0.6 is 15.6 Å². The molecule has 0 aliphatic rings. The fourth-order valence-corrected chi connectivity index (χ4v) is 12.3. The average molecular weight is 1340 g/mol. The Balaban J connectivity index is 5.28. The van der Waals surface area contributed by atoms with E-state index in [9.17, 15) is 43.2 Å². The largest absolute Gasteiger partial charge is 0.472 e. The molecule has 0 aromatic heterocycles. The van der Waals surface area contributed by atoms with Gasteiger partial charge < -0.3 is 33.8 Å². The van der Waals surface area contributed by atoms with Crippen LogP contribution < -0.4 is 0 Å². The number of aliphatic hydroxyl groups is 1. The highest BCUT2D eigenvalue weighted by molar-refractivity contribution is 7.47. The highest BCUT2D eigenvalue weighted by atomic mass is 31.2. The van der Waals surface area contributed by atoms with Gasteiger partial charge in [0, 0.05) is 25.7 Å². The topological polar surface area (TPSA) is 237 Å². The second-order valence-corrected chi connectivity index (χ2v) is 30.1. The number of unbranched alkanes of at least 4 members (excludes halogenated alkanes) is 32. The SMILES string of the molecule is CCC(C)CCCCCCCCCCCCC(=O)O[C@H](COC(=O)CCCCCCCCCCC(C)C)COP(=O)(O)OCC(O)COP(=O)(O)OC[C@@H](COC(=O)CCCCCCCCCCC(C)CC)OC(=O)CCCCCCCCCCCCC(C)CC. The van der Waals surface area contributed by atoms with Crippen molar-refractivity contribution in [3.05, 3.63) is 0 Å². The quantitative estimate of drug-likeness (QED) is 0.0222. The van der Waals surface area contributed by atoms with Crippen LogP contribution in [0.3, 0.4) is 0 Å². The Morgan fingerprint density at radius 2 is 0.527 bits per heavy atom. The lowest BCUT2D eigenvalue weighted by atomic mass is 9.99. The van der Waals surface area contributed by atoms with E-state index in [1.54, 1.807) is 0 Å². The molecular weight excluding hydrogens is 1200 g/mol. The summed E-state index contributed by atoms with van der Waals surface area (Å²) in [5.41, 5.74) is 0. The summed E-state index contributed by atoms with van der Waals surface area (Å²) in [7, 11) is -9.91. The van der Waals surface area contributed by atoms with E-state index in [2.05, 4.69) is 55.4 Å². The van der Waals surface area contributed by atoms with Crippen LogP contribution in [0.25, 0.3) is 0 Å². The highest BCUT2D eigenvalue weighted by Gasteiger charge is 2.30. The fraction of sp³-hybridized carbons (Fsp3) is 0.944. The van der Waals surface area contributed by atoms with Crippen LogP contribution in [0, 0.1) is 23.7 Å². The standard InChI is InChI=1S/C72H140O17P2/c1-9-63(6)49-41-33-25-16-12-14-18-30-38-46-54-71(76)88-67(58-82-69(74)52-44-36-28-22-20-24-32-40-48-62(4)5)60-86-90(78,79)84-56-66(73)57-85-91(80,81)87-61-68(59-83-70(75)53-45-37-29-23-21-27-35-43-51-65(8)11-3)89-72(77)55-47-39-31-19-15-13-17-26-34-42-50-64(7)10-2/h62-68,73H,9-61H2,1-8H3,(H,78,79)(H,80,81)/t63?,64?,65?,66?,67-,68-/m1/s1. The highest BCUT2D eigenvalue weighted by Crippen LogP contribution is 2.45. The summed E-state index contributed by atoms with van der Waals surface area (Å²) in [5, 5.41) is 10.6. The number of ether oxygens (including phenoxy) is 4. The van der Waals surface area contributed by atoms with Crippen LogP contribution in [0.1, 0.15) is 357 Å². The molecule has 6 unspecified atom stereocenters. The first-order valence-corrected chi connectivity index (χ1v) is 40.3. The molecular formula is C72H140O17P2. The van der Waals surface area contributed by atoms with E-state index in [1.807, 2.05) is 0 Å². The van der Waals surface area contributed by atoms with E-state index in [4.69, 9.17) is 37.0 Å². The Hall–Kier alpha value is -1.94. The molecule has 0 heterocycles. The Labute approximate surface area is 556 Å². The molecule has 0 amide bonds. The van der Waals surface area contributed by atoms with Gasteiger partial charge in [-0.3, -0.25) is 37.3 Å². The van der Waals surface area contributed by atoms with Crippen molar-refractivity contribution in [3.8, 4) is 0 Å². The first-order chi connectivity index (χ1) is 43.7. The third-order valence-electron chi connectivity index (χ3n) is 17.7. The van der Waals surface area contributed by atoms with Gasteiger partial charge in [0.1, 0.15) is 19.3 Å². The van der Waals surface area contributed by atoms with E-state index < -0.39 is 97.5 Å². The first kappa shape index (κ1) is 89.1. The molecule has 0 aliphatic carbocycles. The van der Waals surface area contributed by atoms with Crippen LogP contribution in [0.15, 0.2) is 0 Å². The van der Waals surface area contributed by atoms with Crippen molar-refractivity contribution in [2.45, 2.75) is 375 Å². The lowest BCUT2D eigenvalue weighted by molar-refractivity contribution is -0.161. The van der Waals surface area contributed by atoms with Crippen LogP contribution in [0.5, 0.6) is 0 Å². The maximum Gasteiger partial charge on any atom is 0.472 e. The van der Waals surface area contributed by atoms with Crippen molar-refractivity contribution in [1.29, 1.82) is 0 Å². The summed E-state index contributed by atoms with van der Waals surface area (Å²) >= 11 is 0. The summed E-state index contributed by atoms with van der Waals surface area (Å²) in [6.07, 6.45) is 44.2. The maximum absolute atomic E-state index is 13.0. The number of aliphatic hydroxyl groups excluding tert-OH is 1. The van der Waals surface area contributed by atoms with Gasteiger partial charge in [-0.1, -0.05) is 306 Å². The lowest BCUT2D eigenvalue weighted by Crippen LogP contribution is -2.30. The minimum atomic E-state index is -4.95. The predicted octanol–water partition coefficient (Wildman–Crippen LogP) is 20.5. The number of carbonyl (C=O) groups excluding carboxylic acids is 4. The third kappa shape index (κ3) is 62.6. The Bertz CT molecular complexity index is 1800. The molecule has 8 atom stereocenters. The van der Waals surface area contributed by atoms with Crippen molar-refractivity contribution < 1.29 is 80.2 Å². The van der Waals surface area contributed by atoms with Crippen molar-refractivity contribution in [2.24, 2.45) is 23.7 Å². The smallest absolute Gasteiger partial charge is 0.462 e. The molecule has 3 N–H and O–H groups in total. The van der Waals surface area contributed by atoms with Gasteiger partial charge in [0.25, 0.3) is 0 Å². The second-order valence-electron chi connectivity index (χ2n) is 27.2. The zero-order valence-electron chi connectivity index (χ0n) is 59.5. The zero-order valence-corrected chi connectivity index (χ0v) is 61.3. The average Bonchev–Trinajstić information content (AvgIpc) is 3.59. The van der Waals surface area contributed by atoms with Crippen molar-refractivity contribution in [3.63, 3.8) is 0 Å². The van der Waals surface area contributed by atoms with Gasteiger partial charge in [0.15, 0.2) is 12.2 Å². The van der Waals surface area contributed by atoms with E-state index in [0.717, 1.165) is 114 Å². The van der Waals surface area contributed by atoms with Gasteiger partial charge in [-0.05, 0) is 49.4 Å². The number of hydrogen-bond donors (Lipinski definition) is 3. The van der Waals surface area contributed by atoms with Crippen LogP contribution in [-0.2, 0) is 65.4 Å². The van der Waals surface area contributed by atoms with Crippen LogP contribution in [0.4, 0.5) is 0 Å². The predicted molar refractivity (Wildman–Crippen MR) is 367 cm³/mol. The number of carbonyl (C=O) groups is 4. The minimum Gasteiger partial charge on any atom is -0.462 e. The molecule has 0 radical (unpaired) electrons. The van der Waals surface area contributed by atoms with Gasteiger partial charge in [-0.25, -0.2) is 9.13 Å². The van der Waals surface area contributed by atoms with Crippen LogP contribution in [0.2, 0.25) is 0 Å². The maximum atomic E-state index is 13.0. The summed E-state index contributed by atoms with van der Waals surface area (Å²) in [4.78, 5) is 72.7. The molecule has 19 heteroatoms. The molecule has 0 rings (SSSR count). The molecule has 91 heavy (non-hydrogen) atoms. The van der Waals surface area contributed by atoms with Gasteiger partial charge in [0.2, 0.25) is 0 Å². The molecule has 0 fully saturated rings. The van der Waals surface area contributed by atoms with Crippen molar-refractivity contribution >= 4 is 39.5 Å². The normalized spacial score (nSPS) is 15.1. The van der Waals surface area contributed by atoms with Gasteiger partial charge in [-0.2, -0.15) is 0 Å². The number of esters is 4. The molecule has 0 aliphatic heterocycles. The number of rotatable bonds is 69. The first-order valence-electron chi connectivity index (χ1n) is 37.3. The molecule has 0 bridgehead atoms. The summed E-state index contributed by atoms with van der Waals surface area (Å²) < 4.78 is 68.4. The molecule has 540 valence electrons. The third-order valence-corrected chi connectivity index (χ3v) is 19.6. The molecule has 0 saturated carbocycles. The molecule has 0 spiro atoms. The van der Waals surface area contributed by atoms with Gasteiger partial charge in [0.05, 0.1) is 26.4 Å². The fourth-order valence-electron chi connectivity index (χ4n) is 10.7. The number of hydrogen-bond acceptors (Lipinski definition) is 15. The number of phosphoric acid groups is 2. The van der Waals surface area contributed by atoms with Crippen molar-refractivity contribution in [2.75, 3.05) is 39.6 Å².